The van der Waals surface area contributed by atoms with Gasteiger partial charge in [0.2, 0.25) is 0 Å². The van der Waals surface area contributed by atoms with Gasteiger partial charge in [-0.2, -0.15) is 0 Å². The van der Waals surface area contributed by atoms with Crippen LogP contribution in [-0.4, -0.2) is 18.4 Å². The first-order valence-corrected chi connectivity index (χ1v) is 7.27. The van der Waals surface area contributed by atoms with E-state index >= 15 is 0 Å². The summed E-state index contributed by atoms with van der Waals surface area (Å²) in [5.74, 6) is -1.18. The quantitative estimate of drug-likeness (QED) is 0.907. The molecule has 20 heavy (non-hydrogen) atoms. The monoisotopic (exact) mass is 301 g/mol. The van der Waals surface area contributed by atoms with E-state index in [0.29, 0.717) is 5.82 Å². The Morgan fingerprint density at radius 2 is 1.90 bits per heavy atom. The fourth-order valence-corrected chi connectivity index (χ4v) is 3.00. The van der Waals surface area contributed by atoms with Gasteiger partial charge in [-0.15, -0.1) is 0 Å². The summed E-state index contributed by atoms with van der Waals surface area (Å²) in [7, 11) is -3.92. The Morgan fingerprint density at radius 1 is 1.30 bits per heavy atom. The number of aromatic nitrogens is 2. The Kier molecular flexibility index (Phi) is 3.87. The molecule has 2 aromatic rings. The van der Waals surface area contributed by atoms with Crippen LogP contribution in [0.3, 0.4) is 0 Å². The van der Waals surface area contributed by atoms with Crippen LogP contribution >= 0.6 is 0 Å². The molecular weight excluding hydrogens is 288 g/mol. The van der Waals surface area contributed by atoms with Crippen LogP contribution in [0.2, 0.25) is 0 Å². The molecule has 1 heterocycles. The standard InChI is InChI=1S/C12H13F2N3O2S/c1-7(12-9(13)4-3-5-10(12)14)17-20(18,19)11-6-15-8(2)16-11/h3-7,17H,1-2H3,(H,15,16). The van der Waals surface area contributed by atoms with Gasteiger partial charge in [0.25, 0.3) is 10.0 Å². The van der Waals surface area contributed by atoms with Crippen molar-refractivity contribution < 1.29 is 17.2 Å². The number of hydrogen-bond donors (Lipinski definition) is 2. The lowest BCUT2D eigenvalue weighted by Crippen LogP contribution is -2.28. The number of sulfonamides is 1. The summed E-state index contributed by atoms with van der Waals surface area (Å²) in [6.45, 7) is 2.96. The molecule has 8 heteroatoms. The summed E-state index contributed by atoms with van der Waals surface area (Å²) in [5, 5.41) is -0.154. The highest BCUT2D eigenvalue weighted by molar-refractivity contribution is 7.89. The third kappa shape index (κ3) is 2.86. The van der Waals surface area contributed by atoms with E-state index in [-0.39, 0.29) is 10.6 Å². The molecular formula is C12H13F2N3O2S. The highest BCUT2D eigenvalue weighted by Crippen LogP contribution is 2.22. The van der Waals surface area contributed by atoms with Gasteiger partial charge in [0.1, 0.15) is 17.5 Å². The predicted octanol–water partition coefficient (Wildman–Crippen LogP) is 2.04. The van der Waals surface area contributed by atoms with Gasteiger partial charge in [-0.05, 0) is 26.0 Å². The van der Waals surface area contributed by atoms with Crippen molar-refractivity contribution in [2.45, 2.75) is 24.9 Å². The molecule has 1 unspecified atom stereocenters. The number of nitrogens with zero attached hydrogens (tertiary/aromatic N) is 1. The number of benzene rings is 1. The van der Waals surface area contributed by atoms with E-state index in [0.717, 1.165) is 18.3 Å². The van der Waals surface area contributed by atoms with Crippen LogP contribution in [0.4, 0.5) is 8.78 Å². The molecule has 0 radical (unpaired) electrons. The summed E-state index contributed by atoms with van der Waals surface area (Å²) >= 11 is 0. The average molecular weight is 301 g/mol. The maximum atomic E-state index is 13.6. The number of H-pyrrole nitrogens is 1. The lowest BCUT2D eigenvalue weighted by Gasteiger charge is -2.15. The largest absolute Gasteiger partial charge is 0.332 e. The van der Waals surface area contributed by atoms with Crippen molar-refractivity contribution in [2.75, 3.05) is 0 Å². The highest BCUT2D eigenvalue weighted by atomic mass is 32.2. The second kappa shape index (κ2) is 5.29. The first kappa shape index (κ1) is 14.6. The van der Waals surface area contributed by atoms with Crippen LogP contribution in [-0.2, 0) is 10.0 Å². The molecule has 2 rings (SSSR count). The molecule has 0 aliphatic rings. The minimum absolute atomic E-state index is 0.154. The Balaban J connectivity index is 2.30. The minimum Gasteiger partial charge on any atom is -0.332 e. The van der Waals surface area contributed by atoms with Gasteiger partial charge in [0, 0.05) is 5.56 Å². The molecule has 0 saturated heterocycles. The summed E-state index contributed by atoms with van der Waals surface area (Å²) in [5.41, 5.74) is -0.327. The molecule has 0 aliphatic carbocycles. The lowest BCUT2D eigenvalue weighted by molar-refractivity contribution is 0.514. The number of aryl methyl sites for hydroxylation is 1. The first-order chi connectivity index (χ1) is 9.31. The Labute approximate surface area is 115 Å². The van der Waals surface area contributed by atoms with Gasteiger partial charge in [0.15, 0.2) is 5.03 Å². The molecule has 1 aromatic carbocycles. The zero-order chi connectivity index (χ0) is 14.9. The van der Waals surface area contributed by atoms with Gasteiger partial charge < -0.3 is 4.98 Å². The number of hydrogen-bond acceptors (Lipinski definition) is 3. The molecule has 0 aliphatic heterocycles. The van der Waals surface area contributed by atoms with E-state index in [4.69, 9.17) is 0 Å². The maximum absolute atomic E-state index is 13.6. The number of aromatic amines is 1. The topological polar surface area (TPSA) is 74.8 Å². The van der Waals surface area contributed by atoms with Gasteiger partial charge in [0.05, 0.1) is 12.2 Å². The maximum Gasteiger partial charge on any atom is 0.258 e. The van der Waals surface area contributed by atoms with Crippen molar-refractivity contribution in [1.82, 2.24) is 14.7 Å². The molecule has 0 fully saturated rings. The normalized spacial score (nSPS) is 13.4. The van der Waals surface area contributed by atoms with E-state index in [1.165, 1.54) is 13.0 Å². The van der Waals surface area contributed by atoms with Crippen LogP contribution < -0.4 is 4.72 Å². The van der Waals surface area contributed by atoms with Crippen molar-refractivity contribution in [1.29, 1.82) is 0 Å². The summed E-state index contributed by atoms with van der Waals surface area (Å²) < 4.78 is 53.4. The second-order valence-electron chi connectivity index (χ2n) is 4.31. The molecule has 0 amide bonds. The molecule has 108 valence electrons. The van der Waals surface area contributed by atoms with Crippen LogP contribution in [0.25, 0.3) is 0 Å². The third-order valence-electron chi connectivity index (χ3n) is 2.73. The fourth-order valence-electron chi connectivity index (χ4n) is 1.81. The number of rotatable bonds is 4. The smallest absolute Gasteiger partial charge is 0.258 e. The van der Waals surface area contributed by atoms with Gasteiger partial charge in [-0.1, -0.05) is 6.07 Å². The van der Waals surface area contributed by atoms with Gasteiger partial charge in [-0.3, -0.25) is 0 Å². The van der Waals surface area contributed by atoms with Crippen molar-refractivity contribution in [2.24, 2.45) is 0 Å². The van der Waals surface area contributed by atoms with Crippen molar-refractivity contribution in [3.05, 3.63) is 47.4 Å². The Hall–Kier alpha value is -1.80. The highest BCUT2D eigenvalue weighted by Gasteiger charge is 2.24. The number of imidazole rings is 1. The molecule has 1 atom stereocenters. The van der Waals surface area contributed by atoms with Crippen LogP contribution in [0.1, 0.15) is 24.4 Å². The van der Waals surface area contributed by atoms with Crippen LogP contribution in [0.15, 0.2) is 29.4 Å². The van der Waals surface area contributed by atoms with E-state index in [9.17, 15) is 17.2 Å². The zero-order valence-corrected chi connectivity index (χ0v) is 11.6. The Bertz CT molecular complexity index is 708. The van der Waals surface area contributed by atoms with E-state index < -0.39 is 27.7 Å². The molecule has 0 saturated carbocycles. The molecule has 5 nitrogen and oxygen atoms in total. The Morgan fingerprint density at radius 3 is 2.40 bits per heavy atom. The zero-order valence-electron chi connectivity index (χ0n) is 10.8. The van der Waals surface area contributed by atoms with Crippen molar-refractivity contribution >= 4 is 10.0 Å². The molecule has 2 N–H and O–H groups in total. The third-order valence-corrected chi connectivity index (χ3v) is 4.18. The van der Waals surface area contributed by atoms with Crippen molar-refractivity contribution in [3.63, 3.8) is 0 Å². The number of nitrogens with one attached hydrogen (secondary N) is 2. The van der Waals surface area contributed by atoms with Crippen molar-refractivity contribution in [3.8, 4) is 0 Å². The van der Waals surface area contributed by atoms with E-state index in [1.807, 2.05) is 0 Å². The predicted molar refractivity (Wildman–Crippen MR) is 68.4 cm³/mol. The summed E-state index contributed by atoms with van der Waals surface area (Å²) in [6, 6.07) is 2.31. The van der Waals surface area contributed by atoms with Crippen LogP contribution in [0.5, 0.6) is 0 Å². The van der Waals surface area contributed by atoms with Crippen LogP contribution in [0, 0.1) is 18.6 Å². The molecule has 0 spiro atoms. The second-order valence-corrected chi connectivity index (χ2v) is 5.99. The van der Waals surface area contributed by atoms with Gasteiger partial charge in [-0.25, -0.2) is 26.9 Å². The first-order valence-electron chi connectivity index (χ1n) is 5.79. The minimum atomic E-state index is -3.92. The summed E-state index contributed by atoms with van der Waals surface area (Å²) in [6.07, 6.45) is 1.14. The van der Waals surface area contributed by atoms with Gasteiger partial charge >= 0.3 is 0 Å². The molecule has 1 aromatic heterocycles. The average Bonchev–Trinajstić information content (AvgIpc) is 2.75. The molecule has 0 bridgehead atoms. The fraction of sp³-hybridized carbons (Fsp3) is 0.250. The summed E-state index contributed by atoms with van der Waals surface area (Å²) in [4.78, 5) is 6.33. The number of halogens is 2. The SMILES string of the molecule is Cc1ncc(S(=O)(=O)NC(C)c2c(F)cccc2F)[nH]1. The lowest BCUT2D eigenvalue weighted by atomic mass is 10.1. The van der Waals surface area contributed by atoms with E-state index in [1.54, 1.807) is 6.92 Å². The van der Waals surface area contributed by atoms with E-state index in [2.05, 4.69) is 14.7 Å².